The van der Waals surface area contributed by atoms with Crippen molar-refractivity contribution in [3.8, 4) is 0 Å². The molecule has 5 nitrogen and oxygen atoms in total. The summed E-state index contributed by atoms with van der Waals surface area (Å²) in [6.07, 6.45) is 2.27. The van der Waals surface area contributed by atoms with Crippen molar-refractivity contribution < 1.29 is 9.32 Å². The van der Waals surface area contributed by atoms with Crippen LogP contribution in [0.4, 0.5) is 0 Å². The standard InChI is InChI=1S/C16H19N3O2/c1-4-13-15(16(20)18-3)14(21-19-13)9-12(17)11-8-6-5-7-10(11)2/h5-9H,4,17H2,1-3H3,(H,18,20). The Morgan fingerprint density at radius 2 is 2.14 bits per heavy atom. The van der Waals surface area contributed by atoms with Crippen LogP contribution in [-0.2, 0) is 6.42 Å². The highest BCUT2D eigenvalue weighted by Crippen LogP contribution is 2.21. The van der Waals surface area contributed by atoms with Crippen LogP contribution in [0.15, 0.2) is 28.8 Å². The summed E-state index contributed by atoms with van der Waals surface area (Å²) in [4.78, 5) is 12.0. The molecule has 1 heterocycles. The fourth-order valence-corrected chi connectivity index (χ4v) is 2.16. The normalized spacial score (nSPS) is 11.5. The lowest BCUT2D eigenvalue weighted by molar-refractivity contribution is 0.0961. The van der Waals surface area contributed by atoms with Crippen molar-refractivity contribution in [2.45, 2.75) is 20.3 Å². The lowest BCUT2D eigenvalue weighted by Gasteiger charge is -2.05. The number of hydrogen-bond donors (Lipinski definition) is 2. The third-order valence-corrected chi connectivity index (χ3v) is 3.32. The molecule has 2 rings (SSSR count). The Labute approximate surface area is 123 Å². The molecular weight excluding hydrogens is 266 g/mol. The van der Waals surface area contributed by atoms with Crippen molar-refractivity contribution in [1.82, 2.24) is 10.5 Å². The molecule has 0 saturated heterocycles. The molecule has 1 amide bonds. The van der Waals surface area contributed by atoms with E-state index in [1.807, 2.05) is 38.1 Å². The van der Waals surface area contributed by atoms with Crippen LogP contribution >= 0.6 is 0 Å². The molecule has 1 aromatic carbocycles. The van der Waals surface area contributed by atoms with Crippen LogP contribution in [0.3, 0.4) is 0 Å². The van der Waals surface area contributed by atoms with E-state index in [0.717, 1.165) is 11.1 Å². The van der Waals surface area contributed by atoms with Gasteiger partial charge in [0.15, 0.2) is 5.76 Å². The highest BCUT2D eigenvalue weighted by Gasteiger charge is 2.20. The number of benzene rings is 1. The topological polar surface area (TPSA) is 81.2 Å². The molecule has 0 bridgehead atoms. The number of hydrogen-bond acceptors (Lipinski definition) is 4. The van der Waals surface area contributed by atoms with E-state index in [2.05, 4.69) is 10.5 Å². The van der Waals surface area contributed by atoms with Gasteiger partial charge in [-0.15, -0.1) is 0 Å². The zero-order valence-electron chi connectivity index (χ0n) is 12.4. The number of nitrogens with zero attached hydrogens (tertiary/aromatic N) is 1. The molecule has 0 unspecified atom stereocenters. The Hall–Kier alpha value is -2.56. The molecule has 0 aliphatic rings. The molecule has 2 aromatic rings. The van der Waals surface area contributed by atoms with E-state index in [-0.39, 0.29) is 5.91 Å². The van der Waals surface area contributed by atoms with Gasteiger partial charge in [0, 0.05) is 24.4 Å². The molecule has 3 N–H and O–H groups in total. The Kier molecular flexibility index (Phi) is 4.42. The van der Waals surface area contributed by atoms with Crippen molar-refractivity contribution in [3.05, 3.63) is 52.4 Å². The van der Waals surface area contributed by atoms with Crippen LogP contribution in [0, 0.1) is 6.92 Å². The average Bonchev–Trinajstić information content (AvgIpc) is 2.89. The molecule has 0 radical (unpaired) electrons. The number of nitrogens with one attached hydrogen (secondary N) is 1. The summed E-state index contributed by atoms with van der Waals surface area (Å²) < 4.78 is 5.27. The second-order valence-corrected chi connectivity index (χ2v) is 4.72. The number of aryl methyl sites for hydroxylation is 2. The molecule has 5 heteroatoms. The van der Waals surface area contributed by atoms with Gasteiger partial charge in [-0.25, -0.2) is 0 Å². The Morgan fingerprint density at radius 1 is 1.43 bits per heavy atom. The van der Waals surface area contributed by atoms with Gasteiger partial charge in [0.05, 0.1) is 5.69 Å². The second-order valence-electron chi connectivity index (χ2n) is 4.72. The predicted octanol–water partition coefficient (Wildman–Crippen LogP) is 2.36. The van der Waals surface area contributed by atoms with Gasteiger partial charge in [0.2, 0.25) is 0 Å². The molecule has 21 heavy (non-hydrogen) atoms. The fourth-order valence-electron chi connectivity index (χ4n) is 2.16. The van der Waals surface area contributed by atoms with E-state index >= 15 is 0 Å². The van der Waals surface area contributed by atoms with E-state index in [1.54, 1.807) is 13.1 Å². The highest BCUT2D eigenvalue weighted by molar-refractivity contribution is 5.99. The van der Waals surface area contributed by atoms with Gasteiger partial charge in [-0.1, -0.05) is 36.3 Å². The molecule has 0 saturated carbocycles. The second kappa shape index (κ2) is 6.26. The summed E-state index contributed by atoms with van der Waals surface area (Å²) in [5, 5.41) is 6.53. The van der Waals surface area contributed by atoms with Crippen LogP contribution in [0.1, 0.15) is 39.9 Å². The minimum atomic E-state index is -0.225. The molecule has 0 aliphatic heterocycles. The summed E-state index contributed by atoms with van der Waals surface area (Å²) in [5.74, 6) is 0.156. The number of rotatable bonds is 4. The average molecular weight is 285 g/mol. The number of nitrogens with two attached hydrogens (primary N) is 1. The molecule has 0 atom stereocenters. The summed E-state index contributed by atoms with van der Waals surface area (Å²) in [7, 11) is 1.58. The zero-order valence-corrected chi connectivity index (χ0v) is 12.4. The predicted molar refractivity (Wildman–Crippen MR) is 82.5 cm³/mol. The lowest BCUT2D eigenvalue weighted by Crippen LogP contribution is -2.19. The Bertz CT molecular complexity index is 687. The molecular formula is C16H19N3O2. The maximum atomic E-state index is 12.0. The van der Waals surface area contributed by atoms with Crippen molar-refractivity contribution in [3.63, 3.8) is 0 Å². The fraction of sp³-hybridized carbons (Fsp3) is 0.250. The molecule has 0 fully saturated rings. The number of carbonyl (C=O) groups is 1. The minimum absolute atomic E-state index is 0.225. The van der Waals surface area contributed by atoms with Crippen LogP contribution in [0.2, 0.25) is 0 Å². The van der Waals surface area contributed by atoms with E-state index in [0.29, 0.717) is 29.1 Å². The van der Waals surface area contributed by atoms with Crippen molar-refractivity contribution in [2.75, 3.05) is 7.05 Å². The summed E-state index contributed by atoms with van der Waals surface area (Å²) in [6.45, 7) is 3.90. The zero-order chi connectivity index (χ0) is 15.4. The van der Waals surface area contributed by atoms with Gasteiger partial charge >= 0.3 is 0 Å². The SMILES string of the molecule is CCc1noc(C=C(N)c2ccccc2C)c1C(=O)NC. The first-order valence-corrected chi connectivity index (χ1v) is 6.82. The first-order valence-electron chi connectivity index (χ1n) is 6.82. The van der Waals surface area contributed by atoms with Crippen LogP contribution in [0.25, 0.3) is 11.8 Å². The summed E-state index contributed by atoms with van der Waals surface area (Å²) >= 11 is 0. The lowest BCUT2D eigenvalue weighted by atomic mass is 10.0. The van der Waals surface area contributed by atoms with Crippen LogP contribution < -0.4 is 11.1 Å². The van der Waals surface area contributed by atoms with Gasteiger partial charge < -0.3 is 15.6 Å². The Morgan fingerprint density at radius 3 is 2.76 bits per heavy atom. The van der Waals surface area contributed by atoms with Gasteiger partial charge in [-0.2, -0.15) is 0 Å². The minimum Gasteiger partial charge on any atom is -0.398 e. The smallest absolute Gasteiger partial charge is 0.256 e. The van der Waals surface area contributed by atoms with E-state index < -0.39 is 0 Å². The highest BCUT2D eigenvalue weighted by atomic mass is 16.5. The Balaban J connectivity index is 2.48. The monoisotopic (exact) mass is 285 g/mol. The summed E-state index contributed by atoms with van der Waals surface area (Å²) in [5.41, 5.74) is 9.70. The number of carbonyl (C=O) groups excluding carboxylic acids is 1. The van der Waals surface area contributed by atoms with E-state index in [9.17, 15) is 4.79 Å². The molecule has 110 valence electrons. The van der Waals surface area contributed by atoms with Crippen molar-refractivity contribution in [2.24, 2.45) is 5.73 Å². The van der Waals surface area contributed by atoms with Crippen LogP contribution in [-0.4, -0.2) is 18.1 Å². The summed E-state index contributed by atoms with van der Waals surface area (Å²) in [6, 6.07) is 7.78. The first-order chi connectivity index (χ1) is 10.1. The molecule has 0 spiro atoms. The quantitative estimate of drug-likeness (QED) is 0.903. The molecule has 0 aliphatic carbocycles. The van der Waals surface area contributed by atoms with E-state index in [4.69, 9.17) is 10.3 Å². The van der Waals surface area contributed by atoms with E-state index in [1.165, 1.54) is 0 Å². The largest absolute Gasteiger partial charge is 0.398 e. The van der Waals surface area contributed by atoms with Crippen LogP contribution in [0.5, 0.6) is 0 Å². The molecule has 1 aromatic heterocycles. The van der Waals surface area contributed by atoms with Gasteiger partial charge in [-0.3, -0.25) is 4.79 Å². The third kappa shape index (κ3) is 2.97. The van der Waals surface area contributed by atoms with Crippen molar-refractivity contribution in [1.29, 1.82) is 0 Å². The van der Waals surface area contributed by atoms with Crippen molar-refractivity contribution >= 4 is 17.7 Å². The number of amides is 1. The maximum Gasteiger partial charge on any atom is 0.256 e. The third-order valence-electron chi connectivity index (χ3n) is 3.32. The first kappa shape index (κ1) is 14.8. The maximum absolute atomic E-state index is 12.0. The van der Waals surface area contributed by atoms with Gasteiger partial charge in [-0.05, 0) is 18.9 Å². The van der Waals surface area contributed by atoms with Gasteiger partial charge in [0.25, 0.3) is 5.91 Å². The number of aromatic nitrogens is 1. The van der Waals surface area contributed by atoms with Gasteiger partial charge in [0.1, 0.15) is 5.56 Å².